The standard InChI is InChI=1S/C17H18F16/c1-3-5-7-9-11(20,21)13(24,25)15(28,29)17(32,33)16(30,31)14(26,27)12(22,23)10(18,19)8-6-4-2/h6,8H,3-5,7,9H2,1-2H3. The summed E-state index contributed by atoms with van der Waals surface area (Å²) in [5.41, 5.74) is 0. The van der Waals surface area contributed by atoms with E-state index in [-0.39, 0.29) is 18.9 Å². The lowest BCUT2D eigenvalue weighted by molar-refractivity contribution is -0.451. The van der Waals surface area contributed by atoms with Crippen molar-refractivity contribution < 1.29 is 70.2 Å². The molecule has 0 atom stereocenters. The molecule has 0 heterocycles. The van der Waals surface area contributed by atoms with Gasteiger partial charge in [-0.3, -0.25) is 0 Å². The van der Waals surface area contributed by atoms with Gasteiger partial charge in [-0.15, -0.1) is 0 Å². The summed E-state index contributed by atoms with van der Waals surface area (Å²) in [7, 11) is 0. The zero-order valence-corrected chi connectivity index (χ0v) is 16.7. The van der Waals surface area contributed by atoms with Gasteiger partial charge < -0.3 is 0 Å². The maximum Gasteiger partial charge on any atom is 0.385 e. The molecule has 0 nitrogen and oxygen atoms in total. The Bertz CT molecular complexity index is 677. The minimum atomic E-state index is -8.36. The van der Waals surface area contributed by atoms with E-state index in [4.69, 9.17) is 0 Å². The quantitative estimate of drug-likeness (QED) is 0.128. The van der Waals surface area contributed by atoms with E-state index in [1.165, 1.54) is 6.92 Å². The van der Waals surface area contributed by atoms with E-state index in [0.717, 1.165) is 6.92 Å². The molecule has 33 heavy (non-hydrogen) atoms. The molecule has 0 bridgehead atoms. The van der Waals surface area contributed by atoms with Crippen molar-refractivity contribution >= 4 is 0 Å². The van der Waals surface area contributed by atoms with Gasteiger partial charge in [-0.25, -0.2) is 0 Å². The molecule has 0 unspecified atom stereocenters. The fourth-order valence-electron chi connectivity index (χ4n) is 2.35. The molecule has 0 aromatic rings. The zero-order valence-electron chi connectivity index (χ0n) is 16.7. The molecule has 0 rings (SSSR count). The van der Waals surface area contributed by atoms with E-state index >= 15 is 0 Å². The first kappa shape index (κ1) is 31.6. The molecule has 0 spiro atoms. The van der Waals surface area contributed by atoms with Gasteiger partial charge in [-0.2, -0.15) is 70.2 Å². The van der Waals surface area contributed by atoms with Gasteiger partial charge in [-0.05, 0) is 18.9 Å². The summed E-state index contributed by atoms with van der Waals surface area (Å²) in [6.07, 6.45) is -5.38. The Morgan fingerprint density at radius 2 is 0.848 bits per heavy atom. The van der Waals surface area contributed by atoms with Crippen LogP contribution < -0.4 is 0 Å². The van der Waals surface area contributed by atoms with Crippen molar-refractivity contribution in [3.63, 3.8) is 0 Å². The number of allylic oxidation sites excluding steroid dienone is 2. The molecule has 0 aliphatic carbocycles. The highest BCUT2D eigenvalue weighted by Gasteiger charge is 2.94. The van der Waals surface area contributed by atoms with Crippen LogP contribution in [0.2, 0.25) is 0 Å². The van der Waals surface area contributed by atoms with Crippen LogP contribution in [0.3, 0.4) is 0 Å². The van der Waals surface area contributed by atoms with Crippen LogP contribution in [0.1, 0.15) is 46.0 Å². The van der Waals surface area contributed by atoms with Gasteiger partial charge in [-0.1, -0.05) is 32.8 Å². The number of rotatable bonds is 13. The van der Waals surface area contributed by atoms with E-state index in [1.807, 2.05) is 0 Å². The van der Waals surface area contributed by atoms with Crippen molar-refractivity contribution in [3.8, 4) is 0 Å². The minimum Gasteiger partial charge on any atom is -0.200 e. The molecular weight excluding hydrogens is 508 g/mol. The smallest absolute Gasteiger partial charge is 0.200 e. The molecule has 0 fully saturated rings. The molecule has 16 heteroatoms. The summed E-state index contributed by atoms with van der Waals surface area (Å²) >= 11 is 0. The van der Waals surface area contributed by atoms with Gasteiger partial charge in [0.05, 0.1) is 0 Å². The molecule has 0 aromatic heterocycles. The molecule has 0 aromatic carbocycles. The highest BCUT2D eigenvalue weighted by Crippen LogP contribution is 2.64. The highest BCUT2D eigenvalue weighted by molar-refractivity contribution is 5.18. The Hall–Kier alpha value is -1.38. The summed E-state index contributed by atoms with van der Waals surface area (Å²) in [5.74, 6) is -60.5. The van der Waals surface area contributed by atoms with Crippen molar-refractivity contribution in [1.29, 1.82) is 0 Å². The molecule has 0 aliphatic rings. The summed E-state index contributed by atoms with van der Waals surface area (Å²) in [6.45, 7) is 2.25. The van der Waals surface area contributed by atoms with Crippen molar-refractivity contribution in [3.05, 3.63) is 12.2 Å². The van der Waals surface area contributed by atoms with Crippen LogP contribution in [0.25, 0.3) is 0 Å². The fourth-order valence-corrected chi connectivity index (χ4v) is 2.35. The van der Waals surface area contributed by atoms with E-state index in [1.54, 1.807) is 0 Å². The van der Waals surface area contributed by atoms with E-state index in [0.29, 0.717) is 0 Å². The molecule has 0 saturated carbocycles. The van der Waals surface area contributed by atoms with Crippen molar-refractivity contribution in [2.24, 2.45) is 0 Å². The fraction of sp³-hybridized carbons (Fsp3) is 0.882. The van der Waals surface area contributed by atoms with Crippen LogP contribution in [0.4, 0.5) is 70.2 Å². The zero-order chi connectivity index (χ0) is 26.9. The molecular formula is C17H18F16. The van der Waals surface area contributed by atoms with Crippen LogP contribution in [0.15, 0.2) is 12.2 Å². The van der Waals surface area contributed by atoms with Gasteiger partial charge >= 0.3 is 47.4 Å². The first-order valence-corrected chi connectivity index (χ1v) is 9.07. The number of hydrogen-bond donors (Lipinski definition) is 0. The van der Waals surface area contributed by atoms with Gasteiger partial charge in [0.25, 0.3) is 0 Å². The number of hydrogen-bond acceptors (Lipinski definition) is 0. The molecule has 0 radical (unpaired) electrons. The van der Waals surface area contributed by atoms with Gasteiger partial charge in [0.15, 0.2) is 0 Å². The van der Waals surface area contributed by atoms with E-state index in [9.17, 15) is 70.2 Å². The summed E-state index contributed by atoms with van der Waals surface area (Å²) in [5, 5.41) is 0. The average Bonchev–Trinajstić information content (AvgIpc) is 2.65. The van der Waals surface area contributed by atoms with Gasteiger partial charge in [0, 0.05) is 6.42 Å². The summed E-state index contributed by atoms with van der Waals surface area (Å²) < 4.78 is 217. The monoisotopic (exact) mass is 526 g/mol. The van der Waals surface area contributed by atoms with E-state index in [2.05, 4.69) is 0 Å². The van der Waals surface area contributed by atoms with Gasteiger partial charge in [0.1, 0.15) is 0 Å². The van der Waals surface area contributed by atoms with E-state index < -0.39 is 72.7 Å². The molecule has 0 aliphatic heterocycles. The molecule has 198 valence electrons. The first-order valence-electron chi connectivity index (χ1n) is 9.07. The number of unbranched alkanes of at least 4 members (excludes halogenated alkanes) is 2. The summed E-state index contributed by atoms with van der Waals surface area (Å²) in [4.78, 5) is 0. The summed E-state index contributed by atoms with van der Waals surface area (Å²) in [6, 6.07) is 0. The third-order valence-electron chi connectivity index (χ3n) is 4.51. The van der Waals surface area contributed by atoms with Crippen LogP contribution in [0.5, 0.6) is 0 Å². The predicted molar refractivity (Wildman–Crippen MR) is 83.1 cm³/mol. The highest BCUT2D eigenvalue weighted by atomic mass is 19.4. The van der Waals surface area contributed by atoms with Gasteiger partial charge in [0.2, 0.25) is 0 Å². The number of alkyl halides is 16. The van der Waals surface area contributed by atoms with Crippen molar-refractivity contribution in [2.75, 3.05) is 0 Å². The lowest BCUT2D eigenvalue weighted by atomic mass is 9.86. The Morgan fingerprint density at radius 3 is 1.21 bits per heavy atom. The van der Waals surface area contributed by atoms with Crippen LogP contribution in [-0.2, 0) is 0 Å². The van der Waals surface area contributed by atoms with Crippen molar-refractivity contribution in [2.45, 2.75) is 93.3 Å². The normalized spacial score (nSPS) is 16.1. The predicted octanol–water partition coefficient (Wildman–Crippen LogP) is 8.62. The lowest BCUT2D eigenvalue weighted by Crippen LogP contribution is -2.74. The third kappa shape index (κ3) is 4.76. The average molecular weight is 526 g/mol. The van der Waals surface area contributed by atoms with Crippen molar-refractivity contribution in [1.82, 2.24) is 0 Å². The largest absolute Gasteiger partial charge is 0.385 e. The van der Waals surface area contributed by atoms with Crippen LogP contribution >= 0.6 is 0 Å². The minimum absolute atomic E-state index is 0.000113. The Labute approximate surface area is 177 Å². The third-order valence-corrected chi connectivity index (χ3v) is 4.51. The molecule has 0 amide bonds. The van der Waals surface area contributed by atoms with Crippen LogP contribution in [0, 0.1) is 0 Å². The maximum atomic E-state index is 13.7. The topological polar surface area (TPSA) is 0 Å². The first-order chi connectivity index (χ1) is 14.4. The second kappa shape index (κ2) is 9.34. The Morgan fingerprint density at radius 1 is 0.485 bits per heavy atom. The second-order valence-electron chi connectivity index (χ2n) is 7.04. The van der Waals surface area contributed by atoms with Crippen LogP contribution in [-0.4, -0.2) is 47.4 Å². The molecule has 0 saturated heterocycles. The lowest BCUT2D eigenvalue weighted by Gasteiger charge is -2.43. The second-order valence-corrected chi connectivity index (χ2v) is 7.04. The molecule has 0 N–H and O–H groups in total. The Kier molecular flexibility index (Phi) is 8.95. The maximum absolute atomic E-state index is 13.7. The Balaban J connectivity index is 6.61. The number of halogens is 16. The SMILES string of the molecule is CCC=CC(F)(F)C(F)(F)C(F)(F)C(F)(F)C(F)(F)C(F)(F)C(F)(F)C(F)(F)CCCCC.